The monoisotopic (exact) mass is 367 g/mol. The molecule has 1 aliphatic rings. The van der Waals surface area contributed by atoms with Gasteiger partial charge in [0.15, 0.2) is 0 Å². The average molecular weight is 367 g/mol. The first kappa shape index (κ1) is 19.1. The minimum atomic E-state index is -0.232. The highest BCUT2D eigenvalue weighted by Gasteiger charge is 2.17. The highest BCUT2D eigenvalue weighted by Crippen LogP contribution is 2.24. The van der Waals surface area contributed by atoms with E-state index < -0.39 is 0 Å². The molecule has 0 bridgehead atoms. The van der Waals surface area contributed by atoms with Gasteiger partial charge in [0.05, 0.1) is 13.2 Å². The average Bonchev–Trinajstić information content (AvgIpc) is 2.68. The number of methoxy groups -OCH3 is 1. The van der Waals surface area contributed by atoms with Crippen LogP contribution in [-0.4, -0.2) is 26.2 Å². The van der Waals surface area contributed by atoms with Gasteiger partial charge < -0.3 is 20.3 Å². The number of carbonyl (C=O) groups excluding carboxylic acids is 1. The van der Waals surface area contributed by atoms with Gasteiger partial charge in [-0.3, -0.25) is 0 Å². The van der Waals surface area contributed by atoms with E-state index in [0.29, 0.717) is 11.4 Å². The molecule has 0 aliphatic carbocycles. The number of ether oxygens (including phenoxy) is 1. The van der Waals surface area contributed by atoms with E-state index in [1.165, 1.54) is 18.5 Å². The minimum absolute atomic E-state index is 0.0788. The zero-order valence-electron chi connectivity index (χ0n) is 16.4. The van der Waals surface area contributed by atoms with Gasteiger partial charge in [0.2, 0.25) is 0 Å². The minimum Gasteiger partial charge on any atom is -0.497 e. The van der Waals surface area contributed by atoms with E-state index >= 15 is 0 Å². The molecule has 0 unspecified atom stereocenters. The number of amides is 2. The molecule has 2 amide bonds. The molecule has 5 heteroatoms. The van der Waals surface area contributed by atoms with Crippen LogP contribution >= 0.6 is 0 Å². The first-order valence-corrected chi connectivity index (χ1v) is 9.61. The predicted octanol–water partition coefficient (Wildman–Crippen LogP) is 4.81. The molecule has 0 radical (unpaired) electrons. The zero-order chi connectivity index (χ0) is 19.2. The number of hydrogen-bond acceptors (Lipinski definition) is 3. The smallest absolute Gasteiger partial charge is 0.319 e. The van der Waals surface area contributed by atoms with Crippen molar-refractivity contribution in [2.45, 2.75) is 32.7 Å². The van der Waals surface area contributed by atoms with Gasteiger partial charge in [0, 0.05) is 30.5 Å². The first-order valence-electron chi connectivity index (χ1n) is 9.61. The SMILES string of the molecule is COc1cccc(NC(=O)N[C@@H](C)c2ccc(N3CCC[C@H](C)C3)cc2)c1. The van der Waals surface area contributed by atoms with Crippen LogP contribution in [0.2, 0.25) is 0 Å². The number of nitrogens with zero attached hydrogens (tertiary/aromatic N) is 1. The molecule has 0 spiro atoms. The molecule has 2 N–H and O–H groups in total. The fourth-order valence-electron chi connectivity index (χ4n) is 3.55. The summed E-state index contributed by atoms with van der Waals surface area (Å²) in [5.74, 6) is 1.46. The second kappa shape index (κ2) is 8.80. The molecule has 2 aromatic carbocycles. The van der Waals surface area contributed by atoms with Crippen molar-refractivity contribution >= 4 is 17.4 Å². The van der Waals surface area contributed by atoms with Gasteiger partial charge in [-0.1, -0.05) is 25.1 Å². The van der Waals surface area contributed by atoms with Gasteiger partial charge >= 0.3 is 6.03 Å². The standard InChI is InChI=1S/C22H29N3O2/c1-16-6-5-13-25(15-16)20-11-9-18(10-12-20)17(2)23-22(26)24-19-7-4-8-21(14-19)27-3/h4,7-12,14,16-17H,5-6,13,15H2,1-3H3,(H2,23,24,26)/t16-,17-/m0/s1. The molecule has 144 valence electrons. The molecular weight excluding hydrogens is 338 g/mol. The molecule has 2 atom stereocenters. The number of hydrogen-bond donors (Lipinski definition) is 2. The first-order chi connectivity index (χ1) is 13.0. The summed E-state index contributed by atoms with van der Waals surface area (Å²) in [6.45, 7) is 6.55. The molecule has 1 aliphatic heterocycles. The molecule has 0 saturated carbocycles. The summed E-state index contributed by atoms with van der Waals surface area (Å²) in [5, 5.41) is 5.83. The number of nitrogens with one attached hydrogen (secondary N) is 2. The lowest BCUT2D eigenvalue weighted by Crippen LogP contribution is -2.34. The van der Waals surface area contributed by atoms with Crippen LogP contribution in [0, 0.1) is 5.92 Å². The maximum Gasteiger partial charge on any atom is 0.319 e. The topological polar surface area (TPSA) is 53.6 Å². The van der Waals surface area contributed by atoms with E-state index in [0.717, 1.165) is 24.6 Å². The van der Waals surface area contributed by atoms with Crippen molar-refractivity contribution in [3.8, 4) is 5.75 Å². The van der Waals surface area contributed by atoms with Crippen molar-refractivity contribution in [2.75, 3.05) is 30.4 Å². The Morgan fingerprint density at radius 1 is 1.22 bits per heavy atom. The van der Waals surface area contributed by atoms with Crippen LogP contribution in [0.3, 0.4) is 0 Å². The molecule has 5 nitrogen and oxygen atoms in total. The number of rotatable bonds is 5. The van der Waals surface area contributed by atoms with Crippen LogP contribution < -0.4 is 20.3 Å². The summed E-state index contributed by atoms with van der Waals surface area (Å²) >= 11 is 0. The van der Waals surface area contributed by atoms with E-state index in [9.17, 15) is 4.79 Å². The Morgan fingerprint density at radius 3 is 2.70 bits per heavy atom. The lowest BCUT2D eigenvalue weighted by Gasteiger charge is -2.33. The number of urea groups is 1. The fraction of sp³-hybridized carbons (Fsp3) is 0.409. The molecule has 1 fully saturated rings. The quantitative estimate of drug-likeness (QED) is 0.797. The number of piperidine rings is 1. The molecule has 1 heterocycles. The normalized spacial score (nSPS) is 17.9. The Bertz CT molecular complexity index is 760. The van der Waals surface area contributed by atoms with Gasteiger partial charge in [0.1, 0.15) is 5.75 Å². The number of benzene rings is 2. The summed E-state index contributed by atoms with van der Waals surface area (Å²) in [4.78, 5) is 14.7. The van der Waals surface area contributed by atoms with E-state index in [2.05, 4.69) is 46.7 Å². The Hall–Kier alpha value is -2.69. The Morgan fingerprint density at radius 2 is 2.00 bits per heavy atom. The zero-order valence-corrected chi connectivity index (χ0v) is 16.4. The van der Waals surface area contributed by atoms with Crippen LogP contribution in [-0.2, 0) is 0 Å². The van der Waals surface area contributed by atoms with Gasteiger partial charge in [-0.25, -0.2) is 4.79 Å². The highest BCUT2D eigenvalue weighted by molar-refractivity contribution is 5.89. The maximum atomic E-state index is 12.3. The van der Waals surface area contributed by atoms with Crippen molar-refractivity contribution in [2.24, 2.45) is 5.92 Å². The van der Waals surface area contributed by atoms with Crippen molar-refractivity contribution in [1.29, 1.82) is 0 Å². The molecule has 3 rings (SSSR count). The van der Waals surface area contributed by atoms with Crippen LogP contribution in [0.4, 0.5) is 16.2 Å². The third-order valence-corrected chi connectivity index (χ3v) is 5.09. The molecule has 1 saturated heterocycles. The number of anilines is 2. The van der Waals surface area contributed by atoms with Gasteiger partial charge in [-0.15, -0.1) is 0 Å². The van der Waals surface area contributed by atoms with Crippen LogP contribution in [0.25, 0.3) is 0 Å². The van der Waals surface area contributed by atoms with Crippen LogP contribution in [0.5, 0.6) is 5.75 Å². The Labute approximate surface area is 161 Å². The summed E-state index contributed by atoms with van der Waals surface area (Å²) in [5.41, 5.74) is 3.05. The van der Waals surface area contributed by atoms with Crippen LogP contribution in [0.1, 0.15) is 38.3 Å². The molecular formula is C22H29N3O2. The Kier molecular flexibility index (Phi) is 6.22. The lowest BCUT2D eigenvalue weighted by atomic mass is 9.99. The Balaban J connectivity index is 1.57. The van der Waals surface area contributed by atoms with Crippen molar-refractivity contribution in [3.05, 3.63) is 54.1 Å². The van der Waals surface area contributed by atoms with Crippen molar-refractivity contribution in [1.82, 2.24) is 5.32 Å². The second-order valence-corrected chi connectivity index (χ2v) is 7.34. The van der Waals surface area contributed by atoms with Gasteiger partial charge in [-0.2, -0.15) is 0 Å². The molecule has 2 aromatic rings. The summed E-state index contributed by atoms with van der Waals surface area (Å²) in [7, 11) is 1.61. The van der Waals surface area contributed by atoms with E-state index in [-0.39, 0.29) is 12.1 Å². The van der Waals surface area contributed by atoms with E-state index in [1.54, 1.807) is 13.2 Å². The third-order valence-electron chi connectivity index (χ3n) is 5.09. The predicted molar refractivity (Wildman–Crippen MR) is 111 cm³/mol. The fourth-order valence-corrected chi connectivity index (χ4v) is 3.55. The van der Waals surface area contributed by atoms with E-state index in [4.69, 9.17) is 4.74 Å². The highest BCUT2D eigenvalue weighted by atomic mass is 16.5. The lowest BCUT2D eigenvalue weighted by molar-refractivity contribution is 0.249. The number of carbonyl (C=O) groups is 1. The molecule has 27 heavy (non-hydrogen) atoms. The van der Waals surface area contributed by atoms with Gasteiger partial charge in [-0.05, 0) is 55.5 Å². The largest absolute Gasteiger partial charge is 0.497 e. The van der Waals surface area contributed by atoms with Crippen molar-refractivity contribution in [3.63, 3.8) is 0 Å². The van der Waals surface area contributed by atoms with E-state index in [1.807, 2.05) is 25.1 Å². The second-order valence-electron chi connectivity index (χ2n) is 7.34. The summed E-state index contributed by atoms with van der Waals surface area (Å²) < 4.78 is 5.18. The van der Waals surface area contributed by atoms with Crippen molar-refractivity contribution < 1.29 is 9.53 Å². The summed E-state index contributed by atoms with van der Waals surface area (Å²) in [6, 6.07) is 15.5. The summed E-state index contributed by atoms with van der Waals surface area (Å²) in [6.07, 6.45) is 2.57. The third kappa shape index (κ3) is 5.16. The molecule has 0 aromatic heterocycles. The maximum absolute atomic E-state index is 12.3. The van der Waals surface area contributed by atoms with Crippen LogP contribution in [0.15, 0.2) is 48.5 Å². The van der Waals surface area contributed by atoms with Gasteiger partial charge in [0.25, 0.3) is 0 Å².